The van der Waals surface area contributed by atoms with Crippen LogP contribution in [0.5, 0.6) is 0 Å². The molecule has 2 rings (SSSR count). The average molecular weight is 250 g/mol. The van der Waals surface area contributed by atoms with E-state index in [0.717, 1.165) is 4.64 Å². The molecule has 1 aliphatic heterocycles. The molecule has 2 heterocycles. The highest BCUT2D eigenvalue weighted by molar-refractivity contribution is 7.71. The summed E-state index contributed by atoms with van der Waals surface area (Å²) in [6, 6.07) is 2.85. The fraction of sp³-hybridized carbons (Fsp3) is 0.643. The maximum Gasteiger partial charge on any atom is 0.106 e. The summed E-state index contributed by atoms with van der Waals surface area (Å²) in [5.41, 5.74) is 2.60. The van der Waals surface area contributed by atoms with E-state index in [1.807, 2.05) is 0 Å². The number of nitrogens with zero attached hydrogens (tertiary/aromatic N) is 1. The van der Waals surface area contributed by atoms with E-state index in [1.54, 1.807) is 0 Å². The number of nitrogens with one attached hydrogen (secondary N) is 1. The van der Waals surface area contributed by atoms with Gasteiger partial charge >= 0.3 is 0 Å². The molecule has 0 radical (unpaired) electrons. The van der Waals surface area contributed by atoms with Crippen LogP contribution in [-0.2, 0) is 0 Å². The maximum absolute atomic E-state index is 5.23. The van der Waals surface area contributed by atoms with Crippen LogP contribution < -0.4 is 0 Å². The summed E-state index contributed by atoms with van der Waals surface area (Å²) in [6.07, 6.45) is 7.31. The molecule has 0 unspecified atom stereocenters. The van der Waals surface area contributed by atoms with Gasteiger partial charge in [0.25, 0.3) is 0 Å². The Bertz CT molecular complexity index is 422. The summed E-state index contributed by atoms with van der Waals surface area (Å²) in [4.78, 5) is 5.84. The van der Waals surface area contributed by atoms with Gasteiger partial charge in [-0.3, -0.25) is 4.90 Å². The zero-order chi connectivity index (χ0) is 12.3. The van der Waals surface area contributed by atoms with Crippen molar-refractivity contribution in [3.63, 3.8) is 0 Å². The Morgan fingerprint density at radius 3 is 3.00 bits per heavy atom. The Hall–Kier alpha value is -0.670. The molecule has 1 aromatic heterocycles. The highest BCUT2D eigenvalue weighted by atomic mass is 32.1. The standard InChI is InChI=1S/C14H22N2S/c1-3-7-16-8-5-4-6-13(16)12-9-11(2)14(17)15-10-12/h9-10,13H,3-8H2,1-2H3,(H,15,17)/t13-/m1/s1. The molecule has 0 saturated carbocycles. The lowest BCUT2D eigenvalue weighted by atomic mass is 9.95. The van der Waals surface area contributed by atoms with Crippen LogP contribution in [-0.4, -0.2) is 23.0 Å². The van der Waals surface area contributed by atoms with E-state index in [9.17, 15) is 0 Å². The van der Waals surface area contributed by atoms with Crippen molar-refractivity contribution in [2.75, 3.05) is 13.1 Å². The van der Waals surface area contributed by atoms with Gasteiger partial charge in [0.1, 0.15) is 4.64 Å². The maximum atomic E-state index is 5.23. The van der Waals surface area contributed by atoms with E-state index in [4.69, 9.17) is 12.2 Å². The van der Waals surface area contributed by atoms with Gasteiger partial charge in [-0.25, -0.2) is 0 Å². The van der Waals surface area contributed by atoms with Crippen molar-refractivity contribution in [1.29, 1.82) is 0 Å². The lowest BCUT2D eigenvalue weighted by Crippen LogP contribution is -2.34. The fourth-order valence-electron chi connectivity index (χ4n) is 2.74. The van der Waals surface area contributed by atoms with Gasteiger partial charge in [0, 0.05) is 12.2 Å². The number of aryl methyl sites for hydroxylation is 1. The lowest BCUT2D eigenvalue weighted by molar-refractivity contribution is 0.149. The summed E-state index contributed by atoms with van der Waals surface area (Å²) < 4.78 is 0.867. The zero-order valence-corrected chi connectivity index (χ0v) is 11.6. The summed E-state index contributed by atoms with van der Waals surface area (Å²) in [5, 5.41) is 0. The van der Waals surface area contributed by atoms with E-state index in [-0.39, 0.29) is 0 Å². The van der Waals surface area contributed by atoms with Gasteiger partial charge in [-0.05, 0) is 50.4 Å². The van der Waals surface area contributed by atoms with Crippen LogP contribution in [0.25, 0.3) is 0 Å². The molecule has 17 heavy (non-hydrogen) atoms. The van der Waals surface area contributed by atoms with Crippen LogP contribution in [0.3, 0.4) is 0 Å². The topological polar surface area (TPSA) is 19.0 Å². The first-order chi connectivity index (χ1) is 8.22. The molecular weight excluding hydrogens is 228 g/mol. The van der Waals surface area contributed by atoms with Gasteiger partial charge in [0.2, 0.25) is 0 Å². The van der Waals surface area contributed by atoms with Crippen LogP contribution in [0.15, 0.2) is 12.3 Å². The Balaban J connectivity index is 2.23. The monoisotopic (exact) mass is 250 g/mol. The number of pyridine rings is 1. The molecule has 2 nitrogen and oxygen atoms in total. The lowest BCUT2D eigenvalue weighted by Gasteiger charge is -2.35. The van der Waals surface area contributed by atoms with E-state index in [1.165, 1.54) is 49.9 Å². The predicted octanol–water partition coefficient (Wildman–Crippen LogP) is 3.99. The molecule has 1 saturated heterocycles. The molecule has 94 valence electrons. The smallest absolute Gasteiger partial charge is 0.106 e. The van der Waals surface area contributed by atoms with Crippen LogP contribution in [0.2, 0.25) is 0 Å². The van der Waals surface area contributed by atoms with E-state index < -0.39 is 0 Å². The molecule has 0 aromatic carbocycles. The number of rotatable bonds is 3. The second-order valence-corrected chi connectivity index (χ2v) is 5.40. The van der Waals surface area contributed by atoms with Crippen LogP contribution in [0.4, 0.5) is 0 Å². The molecule has 1 fully saturated rings. The highest BCUT2D eigenvalue weighted by Crippen LogP contribution is 2.30. The molecule has 0 spiro atoms. The quantitative estimate of drug-likeness (QED) is 0.818. The van der Waals surface area contributed by atoms with Gasteiger partial charge in [-0.1, -0.05) is 31.6 Å². The summed E-state index contributed by atoms with van der Waals surface area (Å²) >= 11 is 5.23. The summed E-state index contributed by atoms with van der Waals surface area (Å²) in [7, 11) is 0. The van der Waals surface area contributed by atoms with E-state index in [0.29, 0.717) is 6.04 Å². The van der Waals surface area contributed by atoms with Gasteiger partial charge in [0.15, 0.2) is 0 Å². The second kappa shape index (κ2) is 5.78. The summed E-state index contributed by atoms with van der Waals surface area (Å²) in [6.45, 7) is 6.80. The molecule has 1 aliphatic rings. The Morgan fingerprint density at radius 1 is 1.47 bits per heavy atom. The van der Waals surface area contributed by atoms with E-state index >= 15 is 0 Å². The number of H-pyrrole nitrogens is 1. The van der Waals surface area contributed by atoms with Gasteiger partial charge < -0.3 is 4.98 Å². The molecule has 3 heteroatoms. The van der Waals surface area contributed by atoms with Crippen molar-refractivity contribution >= 4 is 12.2 Å². The SMILES string of the molecule is CCCN1CCCC[C@@H]1c1c[nH]c(=S)c(C)c1. The second-order valence-electron chi connectivity index (χ2n) is 4.99. The fourth-order valence-corrected chi connectivity index (χ4v) is 2.85. The van der Waals surface area contributed by atoms with Crippen molar-refractivity contribution in [1.82, 2.24) is 9.88 Å². The third-order valence-corrected chi connectivity index (χ3v) is 4.06. The zero-order valence-electron chi connectivity index (χ0n) is 10.8. The third kappa shape index (κ3) is 2.96. The van der Waals surface area contributed by atoms with Crippen molar-refractivity contribution in [3.05, 3.63) is 28.0 Å². The van der Waals surface area contributed by atoms with Crippen molar-refractivity contribution in [2.45, 2.75) is 45.6 Å². The highest BCUT2D eigenvalue weighted by Gasteiger charge is 2.23. The molecular formula is C14H22N2S. The molecule has 0 aliphatic carbocycles. The number of hydrogen-bond donors (Lipinski definition) is 1. The first-order valence-electron chi connectivity index (χ1n) is 6.65. The van der Waals surface area contributed by atoms with Crippen LogP contribution >= 0.6 is 12.2 Å². The van der Waals surface area contributed by atoms with Crippen molar-refractivity contribution in [2.24, 2.45) is 0 Å². The minimum Gasteiger partial charge on any atom is -0.352 e. The first-order valence-corrected chi connectivity index (χ1v) is 7.06. The minimum absolute atomic E-state index is 0.592. The van der Waals surface area contributed by atoms with Gasteiger partial charge in [0.05, 0.1) is 0 Å². The van der Waals surface area contributed by atoms with Crippen LogP contribution in [0, 0.1) is 11.6 Å². The van der Waals surface area contributed by atoms with E-state index in [2.05, 4.69) is 36.0 Å². The molecule has 0 bridgehead atoms. The number of aromatic amines is 1. The van der Waals surface area contributed by atoms with Gasteiger partial charge in [-0.15, -0.1) is 0 Å². The summed E-state index contributed by atoms with van der Waals surface area (Å²) in [5.74, 6) is 0. The Morgan fingerprint density at radius 2 is 2.29 bits per heavy atom. The average Bonchev–Trinajstić information content (AvgIpc) is 2.34. The number of piperidine rings is 1. The predicted molar refractivity (Wildman–Crippen MR) is 74.8 cm³/mol. The van der Waals surface area contributed by atoms with Crippen LogP contribution in [0.1, 0.15) is 49.8 Å². The van der Waals surface area contributed by atoms with Crippen molar-refractivity contribution in [3.8, 4) is 0 Å². The minimum atomic E-state index is 0.592. The molecule has 0 amide bonds. The normalized spacial score (nSPS) is 21.6. The largest absolute Gasteiger partial charge is 0.352 e. The molecule has 1 aromatic rings. The molecule has 1 atom stereocenters. The first kappa shape index (κ1) is 12.8. The molecule has 1 N–H and O–H groups in total. The Labute approximate surface area is 109 Å². The Kier molecular flexibility index (Phi) is 4.35. The third-order valence-electron chi connectivity index (χ3n) is 3.62. The number of hydrogen-bond acceptors (Lipinski definition) is 2. The number of likely N-dealkylation sites (tertiary alicyclic amines) is 1. The van der Waals surface area contributed by atoms with Gasteiger partial charge in [-0.2, -0.15) is 0 Å². The van der Waals surface area contributed by atoms with Crippen molar-refractivity contribution < 1.29 is 0 Å². The number of aromatic nitrogens is 1.